The number of H-pyrrole nitrogens is 1. The Hall–Kier alpha value is -1.48. The molecule has 68 valence electrons. The van der Waals surface area contributed by atoms with Gasteiger partial charge in [-0.1, -0.05) is 6.07 Å². The number of methoxy groups -OCH3 is 1. The van der Waals surface area contributed by atoms with E-state index in [1.54, 1.807) is 7.11 Å². The fourth-order valence-corrected chi connectivity index (χ4v) is 1.54. The van der Waals surface area contributed by atoms with Crippen LogP contribution in [0.25, 0.3) is 10.9 Å². The highest BCUT2D eigenvalue weighted by molar-refractivity contribution is 5.88. The summed E-state index contributed by atoms with van der Waals surface area (Å²) in [5, 5.41) is 1.09. The first-order chi connectivity index (χ1) is 6.36. The molecule has 0 aliphatic carbocycles. The number of hydrogen-bond acceptors (Lipinski definition) is 2. The van der Waals surface area contributed by atoms with Crippen molar-refractivity contribution < 1.29 is 4.74 Å². The summed E-state index contributed by atoms with van der Waals surface area (Å²) in [6.45, 7) is 0.543. The van der Waals surface area contributed by atoms with Gasteiger partial charge >= 0.3 is 0 Å². The Morgan fingerprint density at radius 2 is 2.23 bits per heavy atom. The van der Waals surface area contributed by atoms with E-state index in [0.29, 0.717) is 6.54 Å². The van der Waals surface area contributed by atoms with E-state index in [0.717, 1.165) is 22.2 Å². The molecular formula is C10H12N2O. The van der Waals surface area contributed by atoms with E-state index in [-0.39, 0.29) is 0 Å². The summed E-state index contributed by atoms with van der Waals surface area (Å²) in [5.41, 5.74) is 7.79. The largest absolute Gasteiger partial charge is 0.496 e. The highest BCUT2D eigenvalue weighted by Gasteiger charge is 2.05. The molecule has 1 aromatic heterocycles. The number of rotatable bonds is 2. The summed E-state index contributed by atoms with van der Waals surface area (Å²) >= 11 is 0. The van der Waals surface area contributed by atoms with Crippen molar-refractivity contribution in [1.29, 1.82) is 0 Å². The number of benzene rings is 1. The van der Waals surface area contributed by atoms with Crippen molar-refractivity contribution in [3.8, 4) is 5.75 Å². The summed E-state index contributed by atoms with van der Waals surface area (Å²) < 4.78 is 5.22. The van der Waals surface area contributed by atoms with Gasteiger partial charge in [0.05, 0.1) is 12.6 Å². The van der Waals surface area contributed by atoms with Crippen LogP contribution >= 0.6 is 0 Å². The summed E-state index contributed by atoms with van der Waals surface area (Å²) in [4.78, 5) is 3.15. The van der Waals surface area contributed by atoms with E-state index < -0.39 is 0 Å². The Kier molecular flexibility index (Phi) is 1.94. The predicted molar refractivity (Wildman–Crippen MR) is 52.7 cm³/mol. The first-order valence-corrected chi connectivity index (χ1v) is 4.20. The van der Waals surface area contributed by atoms with Crippen molar-refractivity contribution in [2.45, 2.75) is 6.54 Å². The zero-order valence-corrected chi connectivity index (χ0v) is 7.50. The van der Waals surface area contributed by atoms with Crippen molar-refractivity contribution in [2.24, 2.45) is 5.73 Å². The first-order valence-electron chi connectivity index (χ1n) is 4.20. The van der Waals surface area contributed by atoms with Crippen LogP contribution in [-0.2, 0) is 6.54 Å². The molecule has 3 N–H and O–H groups in total. The average molecular weight is 176 g/mol. The third kappa shape index (κ3) is 1.17. The third-order valence-electron chi connectivity index (χ3n) is 2.21. The Morgan fingerprint density at radius 3 is 2.92 bits per heavy atom. The summed E-state index contributed by atoms with van der Waals surface area (Å²) in [7, 11) is 1.67. The maximum Gasteiger partial charge on any atom is 0.128 e. The van der Waals surface area contributed by atoms with Crippen LogP contribution in [0.3, 0.4) is 0 Å². The zero-order chi connectivity index (χ0) is 9.26. The van der Waals surface area contributed by atoms with Crippen molar-refractivity contribution in [3.05, 3.63) is 30.0 Å². The summed E-state index contributed by atoms with van der Waals surface area (Å²) in [6, 6.07) is 5.92. The molecule has 0 aliphatic heterocycles. The van der Waals surface area contributed by atoms with E-state index in [2.05, 4.69) is 4.98 Å². The van der Waals surface area contributed by atoms with Gasteiger partial charge in [0.2, 0.25) is 0 Å². The smallest absolute Gasteiger partial charge is 0.128 e. The molecule has 2 rings (SSSR count). The molecule has 3 heteroatoms. The molecule has 3 nitrogen and oxygen atoms in total. The lowest BCUT2D eigenvalue weighted by molar-refractivity contribution is 0.420. The van der Waals surface area contributed by atoms with E-state index in [9.17, 15) is 0 Å². The molecule has 1 aromatic carbocycles. The van der Waals surface area contributed by atoms with Gasteiger partial charge in [0.25, 0.3) is 0 Å². The van der Waals surface area contributed by atoms with Gasteiger partial charge in [0, 0.05) is 18.1 Å². The van der Waals surface area contributed by atoms with Crippen LogP contribution in [0.2, 0.25) is 0 Å². The van der Waals surface area contributed by atoms with E-state index in [4.69, 9.17) is 10.5 Å². The summed E-state index contributed by atoms with van der Waals surface area (Å²) in [6.07, 6.45) is 1.90. The molecular weight excluding hydrogens is 164 g/mol. The van der Waals surface area contributed by atoms with E-state index in [1.807, 2.05) is 24.4 Å². The second-order valence-electron chi connectivity index (χ2n) is 2.90. The highest BCUT2D eigenvalue weighted by atomic mass is 16.5. The van der Waals surface area contributed by atoms with Crippen molar-refractivity contribution >= 4 is 10.9 Å². The van der Waals surface area contributed by atoms with Crippen LogP contribution in [0.4, 0.5) is 0 Å². The van der Waals surface area contributed by atoms with Gasteiger partial charge in [-0.3, -0.25) is 0 Å². The second-order valence-corrected chi connectivity index (χ2v) is 2.90. The Morgan fingerprint density at radius 1 is 1.38 bits per heavy atom. The lowest BCUT2D eigenvalue weighted by Crippen LogP contribution is -1.97. The van der Waals surface area contributed by atoms with Gasteiger partial charge in [-0.2, -0.15) is 0 Å². The van der Waals surface area contributed by atoms with Crippen molar-refractivity contribution in [2.75, 3.05) is 7.11 Å². The van der Waals surface area contributed by atoms with Crippen LogP contribution in [0, 0.1) is 0 Å². The van der Waals surface area contributed by atoms with Gasteiger partial charge in [0.15, 0.2) is 0 Å². The zero-order valence-electron chi connectivity index (χ0n) is 7.50. The lowest BCUT2D eigenvalue weighted by Gasteiger charge is -2.04. The monoisotopic (exact) mass is 176 g/mol. The molecule has 0 aliphatic rings. The SMILES string of the molecule is COc1ccc(CN)c2[nH]ccc12. The number of aromatic amines is 1. The van der Waals surface area contributed by atoms with Crippen molar-refractivity contribution in [3.63, 3.8) is 0 Å². The average Bonchev–Trinajstić information content (AvgIpc) is 2.64. The van der Waals surface area contributed by atoms with Crippen LogP contribution < -0.4 is 10.5 Å². The molecule has 1 heterocycles. The fourth-order valence-electron chi connectivity index (χ4n) is 1.54. The highest BCUT2D eigenvalue weighted by Crippen LogP contribution is 2.26. The van der Waals surface area contributed by atoms with Crippen molar-refractivity contribution in [1.82, 2.24) is 4.98 Å². The molecule has 0 fully saturated rings. The van der Waals surface area contributed by atoms with Gasteiger partial charge in [0.1, 0.15) is 5.75 Å². The molecule has 0 saturated heterocycles. The molecule has 0 atom stereocenters. The minimum Gasteiger partial charge on any atom is -0.496 e. The molecule has 0 spiro atoms. The molecule has 0 amide bonds. The van der Waals surface area contributed by atoms with Crippen LogP contribution in [-0.4, -0.2) is 12.1 Å². The number of hydrogen-bond donors (Lipinski definition) is 2. The second kappa shape index (κ2) is 3.11. The number of ether oxygens (including phenoxy) is 1. The number of nitrogens with one attached hydrogen (secondary N) is 1. The normalized spacial score (nSPS) is 10.6. The Labute approximate surface area is 76.5 Å². The van der Waals surface area contributed by atoms with Gasteiger partial charge in [-0.25, -0.2) is 0 Å². The number of aromatic nitrogens is 1. The minimum atomic E-state index is 0.543. The maximum atomic E-state index is 5.61. The third-order valence-corrected chi connectivity index (χ3v) is 2.21. The van der Waals surface area contributed by atoms with Gasteiger partial charge < -0.3 is 15.5 Å². The Balaban J connectivity index is 2.74. The number of nitrogens with two attached hydrogens (primary N) is 1. The topological polar surface area (TPSA) is 51.0 Å². The van der Waals surface area contributed by atoms with Gasteiger partial charge in [-0.15, -0.1) is 0 Å². The standard InChI is InChI=1S/C10H12N2O/c1-13-9-3-2-7(6-11)10-8(9)4-5-12-10/h2-5,12H,6,11H2,1H3. The van der Waals surface area contributed by atoms with Crippen LogP contribution in [0.15, 0.2) is 24.4 Å². The van der Waals surface area contributed by atoms with E-state index >= 15 is 0 Å². The molecule has 13 heavy (non-hydrogen) atoms. The predicted octanol–water partition coefficient (Wildman–Crippen LogP) is 1.64. The quantitative estimate of drug-likeness (QED) is 0.730. The minimum absolute atomic E-state index is 0.543. The van der Waals surface area contributed by atoms with Gasteiger partial charge in [-0.05, 0) is 17.7 Å². The van der Waals surface area contributed by atoms with Crippen LogP contribution in [0.1, 0.15) is 5.56 Å². The molecule has 0 saturated carbocycles. The first kappa shape index (κ1) is 8.13. The lowest BCUT2D eigenvalue weighted by atomic mass is 10.1. The molecule has 0 bridgehead atoms. The molecule has 0 unspecified atom stereocenters. The molecule has 2 aromatic rings. The Bertz CT molecular complexity index is 382. The van der Waals surface area contributed by atoms with E-state index in [1.165, 1.54) is 0 Å². The fraction of sp³-hybridized carbons (Fsp3) is 0.200. The summed E-state index contributed by atoms with van der Waals surface area (Å²) in [5.74, 6) is 0.883. The molecule has 0 radical (unpaired) electrons. The number of fused-ring (bicyclic) bond motifs is 1. The van der Waals surface area contributed by atoms with Crippen LogP contribution in [0.5, 0.6) is 5.75 Å². The maximum absolute atomic E-state index is 5.61.